The van der Waals surface area contributed by atoms with E-state index in [-0.39, 0.29) is 0 Å². The minimum absolute atomic E-state index is 0.534. The van der Waals surface area contributed by atoms with Crippen molar-refractivity contribution >= 4 is 17.6 Å². The molecule has 9 heteroatoms. The zero-order chi connectivity index (χ0) is 27.1. The van der Waals surface area contributed by atoms with E-state index in [2.05, 4.69) is 61.1 Å². The molecule has 1 saturated heterocycles. The van der Waals surface area contributed by atoms with Crippen molar-refractivity contribution in [2.75, 3.05) is 88.1 Å². The molecule has 1 aromatic heterocycles. The highest BCUT2D eigenvalue weighted by molar-refractivity contribution is 5.51. The first-order chi connectivity index (χ1) is 19.2. The van der Waals surface area contributed by atoms with Crippen LogP contribution in [0.3, 0.4) is 0 Å². The minimum atomic E-state index is 0.534. The van der Waals surface area contributed by atoms with Gasteiger partial charge in [0.15, 0.2) is 0 Å². The Bertz CT molecular complexity index is 930. The quantitative estimate of drug-likeness (QED) is 0.240. The summed E-state index contributed by atoms with van der Waals surface area (Å²) >= 11 is 0. The monoisotopic (exact) mass is 538 g/mol. The van der Waals surface area contributed by atoms with Crippen LogP contribution in [-0.4, -0.2) is 87.0 Å². The van der Waals surface area contributed by atoms with Gasteiger partial charge in [0.05, 0.1) is 6.61 Å². The van der Waals surface area contributed by atoms with E-state index in [1.165, 1.54) is 31.2 Å². The van der Waals surface area contributed by atoms with Crippen molar-refractivity contribution in [1.29, 1.82) is 0 Å². The number of hydrogen-bond donors (Lipinski definition) is 4. The molecule has 0 radical (unpaired) electrons. The molecule has 2 fully saturated rings. The van der Waals surface area contributed by atoms with Gasteiger partial charge in [-0.2, -0.15) is 9.97 Å². The van der Waals surface area contributed by atoms with Crippen LogP contribution >= 0.6 is 0 Å². The summed E-state index contributed by atoms with van der Waals surface area (Å²) < 4.78 is 5.50. The maximum atomic E-state index is 6.16. The molecule has 4 rings (SSSR count). The first-order valence-electron chi connectivity index (χ1n) is 15.1. The Hall–Kier alpha value is -2.46. The lowest BCUT2D eigenvalue weighted by atomic mass is 9.82. The molecule has 0 spiro atoms. The van der Waals surface area contributed by atoms with E-state index in [1.54, 1.807) is 0 Å². The Morgan fingerprint density at radius 2 is 1.64 bits per heavy atom. The zero-order valence-corrected chi connectivity index (χ0v) is 23.9. The molecule has 2 heterocycles. The van der Waals surface area contributed by atoms with E-state index in [4.69, 9.17) is 15.5 Å². The molecule has 39 heavy (non-hydrogen) atoms. The molecule has 1 aliphatic heterocycles. The predicted molar refractivity (Wildman–Crippen MR) is 161 cm³/mol. The number of aromatic nitrogens is 2. The van der Waals surface area contributed by atoms with Crippen molar-refractivity contribution in [3.8, 4) is 0 Å². The second-order valence-electron chi connectivity index (χ2n) is 11.0. The first kappa shape index (κ1) is 29.5. The summed E-state index contributed by atoms with van der Waals surface area (Å²) in [6, 6.07) is 12.5. The van der Waals surface area contributed by atoms with Crippen LogP contribution in [0.25, 0.3) is 0 Å². The van der Waals surface area contributed by atoms with Gasteiger partial charge in [-0.3, -0.25) is 4.90 Å². The van der Waals surface area contributed by atoms with E-state index >= 15 is 0 Å². The van der Waals surface area contributed by atoms with Gasteiger partial charge in [-0.1, -0.05) is 30.3 Å². The second-order valence-corrected chi connectivity index (χ2v) is 11.0. The largest absolute Gasteiger partial charge is 0.383 e. The zero-order valence-electron chi connectivity index (χ0n) is 23.9. The molecule has 5 N–H and O–H groups in total. The van der Waals surface area contributed by atoms with E-state index in [9.17, 15) is 0 Å². The van der Waals surface area contributed by atoms with E-state index < -0.39 is 0 Å². The Balaban J connectivity index is 1.07. The molecule has 0 unspecified atom stereocenters. The maximum Gasteiger partial charge on any atom is 0.226 e. The summed E-state index contributed by atoms with van der Waals surface area (Å²) in [5.74, 6) is 3.59. The predicted octanol–water partition coefficient (Wildman–Crippen LogP) is 3.21. The lowest BCUT2D eigenvalue weighted by Crippen LogP contribution is -2.47. The number of piperazine rings is 1. The Morgan fingerprint density at radius 1 is 0.923 bits per heavy atom. The molecular formula is C30H50N8O. The number of benzene rings is 1. The molecule has 1 aliphatic carbocycles. The molecular weight excluding hydrogens is 488 g/mol. The van der Waals surface area contributed by atoms with Crippen molar-refractivity contribution in [2.24, 2.45) is 11.8 Å². The van der Waals surface area contributed by atoms with Gasteiger partial charge in [0.25, 0.3) is 0 Å². The normalized spacial score (nSPS) is 20.3. The summed E-state index contributed by atoms with van der Waals surface area (Å²) in [5.41, 5.74) is 7.51. The van der Waals surface area contributed by atoms with Crippen molar-refractivity contribution in [3.05, 3.63) is 42.0 Å². The number of nitrogen functional groups attached to an aromatic ring is 1. The topological polar surface area (TPSA) is 104 Å². The number of anilines is 3. The fourth-order valence-electron chi connectivity index (χ4n) is 5.58. The van der Waals surface area contributed by atoms with Crippen LogP contribution in [0.1, 0.15) is 44.6 Å². The van der Waals surface area contributed by atoms with Gasteiger partial charge in [0.2, 0.25) is 5.95 Å². The summed E-state index contributed by atoms with van der Waals surface area (Å²) in [6.45, 7) is 13.7. The molecule has 216 valence electrons. The number of nitrogens with two attached hydrogens (primary N) is 1. The molecule has 1 aromatic carbocycles. The average Bonchev–Trinajstić information content (AvgIpc) is 2.97. The van der Waals surface area contributed by atoms with Crippen molar-refractivity contribution in [3.63, 3.8) is 0 Å². The van der Waals surface area contributed by atoms with Gasteiger partial charge in [0, 0.05) is 58.5 Å². The highest BCUT2D eigenvalue weighted by Gasteiger charge is 2.22. The lowest BCUT2D eigenvalue weighted by Gasteiger charge is -2.35. The molecule has 0 amide bonds. The summed E-state index contributed by atoms with van der Waals surface area (Å²) in [5, 5.41) is 10.7. The van der Waals surface area contributed by atoms with Crippen LogP contribution in [0.15, 0.2) is 36.4 Å². The fraction of sp³-hybridized carbons (Fsp3) is 0.667. The number of nitrogens with zero attached hydrogens (tertiary/aromatic N) is 4. The van der Waals surface area contributed by atoms with Gasteiger partial charge in [-0.15, -0.1) is 0 Å². The fourth-order valence-corrected chi connectivity index (χ4v) is 5.58. The third kappa shape index (κ3) is 10.6. The van der Waals surface area contributed by atoms with Crippen molar-refractivity contribution < 1.29 is 4.74 Å². The molecule has 9 nitrogen and oxygen atoms in total. The first-order valence-corrected chi connectivity index (χ1v) is 15.1. The second kappa shape index (κ2) is 16.6. The van der Waals surface area contributed by atoms with Crippen molar-refractivity contribution in [1.82, 2.24) is 25.5 Å². The average molecular weight is 539 g/mol. The third-order valence-corrected chi connectivity index (χ3v) is 8.01. The van der Waals surface area contributed by atoms with Crippen LogP contribution in [0.2, 0.25) is 0 Å². The van der Waals surface area contributed by atoms with E-state index in [1.807, 2.05) is 13.0 Å². The van der Waals surface area contributed by atoms with Gasteiger partial charge in [-0.05, 0) is 76.1 Å². The van der Waals surface area contributed by atoms with Gasteiger partial charge in [0.1, 0.15) is 11.6 Å². The maximum absolute atomic E-state index is 6.16. The SMILES string of the molecule is CCOCCN1CCN(c2cc(N)nc(NCC3CCC(CNCCCNCc4ccccc4)CC3)n2)CC1. The summed E-state index contributed by atoms with van der Waals surface area (Å²) in [4.78, 5) is 14.0. The van der Waals surface area contributed by atoms with Gasteiger partial charge < -0.3 is 31.3 Å². The van der Waals surface area contributed by atoms with Crippen LogP contribution in [0.4, 0.5) is 17.6 Å². The molecule has 1 saturated carbocycles. The number of hydrogen-bond acceptors (Lipinski definition) is 9. The van der Waals surface area contributed by atoms with Crippen LogP contribution in [0.5, 0.6) is 0 Å². The Labute approximate surface area is 235 Å². The highest BCUT2D eigenvalue weighted by Crippen LogP contribution is 2.28. The van der Waals surface area contributed by atoms with E-state index in [0.29, 0.717) is 17.7 Å². The lowest BCUT2D eigenvalue weighted by molar-refractivity contribution is 0.111. The number of nitrogens with one attached hydrogen (secondary N) is 3. The molecule has 0 bridgehead atoms. The number of ether oxygens (including phenoxy) is 1. The molecule has 2 aromatic rings. The molecule has 0 atom stereocenters. The highest BCUT2D eigenvalue weighted by atomic mass is 16.5. The van der Waals surface area contributed by atoms with Crippen LogP contribution in [0, 0.1) is 11.8 Å². The standard InChI is InChI=1S/C30H50N8O/c1-2-39-20-19-37-15-17-38(18-16-37)29-21-28(31)35-30(36-29)34-24-27-11-9-26(10-12-27)23-33-14-6-13-32-22-25-7-4-3-5-8-25/h3-5,7-8,21,26-27,32-33H,2,6,9-20,22-24H2,1H3,(H3,31,34,35,36). The van der Waals surface area contributed by atoms with Crippen LogP contribution in [-0.2, 0) is 11.3 Å². The van der Waals surface area contributed by atoms with Crippen LogP contribution < -0.4 is 26.6 Å². The smallest absolute Gasteiger partial charge is 0.226 e. The Kier molecular flexibility index (Phi) is 12.6. The van der Waals surface area contributed by atoms with E-state index in [0.717, 1.165) is 96.8 Å². The minimum Gasteiger partial charge on any atom is -0.383 e. The summed E-state index contributed by atoms with van der Waals surface area (Å²) in [6.07, 6.45) is 6.27. The summed E-state index contributed by atoms with van der Waals surface area (Å²) in [7, 11) is 0. The third-order valence-electron chi connectivity index (χ3n) is 8.01. The van der Waals surface area contributed by atoms with Crippen molar-refractivity contribution in [2.45, 2.75) is 45.6 Å². The van der Waals surface area contributed by atoms with Gasteiger partial charge >= 0.3 is 0 Å². The number of rotatable bonds is 16. The van der Waals surface area contributed by atoms with Gasteiger partial charge in [-0.25, -0.2) is 0 Å². The molecule has 2 aliphatic rings. The Morgan fingerprint density at radius 3 is 2.38 bits per heavy atom.